The summed E-state index contributed by atoms with van der Waals surface area (Å²) >= 11 is 0. The van der Waals surface area contributed by atoms with E-state index in [2.05, 4.69) is 19.7 Å². The predicted octanol–water partition coefficient (Wildman–Crippen LogP) is 1.88. The molecule has 1 aromatic carbocycles. The van der Waals surface area contributed by atoms with Gasteiger partial charge in [-0.05, 0) is 25.1 Å². The molecule has 0 radical (unpaired) electrons. The second-order valence-electron chi connectivity index (χ2n) is 5.85. The van der Waals surface area contributed by atoms with Gasteiger partial charge in [0.2, 0.25) is 16.0 Å². The summed E-state index contributed by atoms with van der Waals surface area (Å²) in [5, 5.41) is 0.776. The molecule has 0 saturated carbocycles. The lowest BCUT2D eigenvalue weighted by Crippen LogP contribution is -2.25. The topological polar surface area (TPSA) is 88.1 Å². The van der Waals surface area contributed by atoms with Crippen LogP contribution >= 0.6 is 0 Å². The van der Waals surface area contributed by atoms with Crippen LogP contribution < -0.4 is 9.62 Å². The maximum atomic E-state index is 12.7. The van der Waals surface area contributed by atoms with E-state index in [1.807, 2.05) is 33.2 Å². The minimum atomic E-state index is -3.72. The van der Waals surface area contributed by atoms with E-state index >= 15 is 0 Å². The van der Waals surface area contributed by atoms with E-state index in [-0.39, 0.29) is 11.4 Å². The molecule has 0 fully saturated rings. The third kappa shape index (κ3) is 3.75. The summed E-state index contributed by atoms with van der Waals surface area (Å²) in [5.74, 6) is 0.543. The molecule has 7 nitrogen and oxygen atoms in total. The highest BCUT2D eigenvalue weighted by molar-refractivity contribution is 7.89. The summed E-state index contributed by atoms with van der Waals surface area (Å²) in [4.78, 5) is 14.8. The molecule has 130 valence electrons. The van der Waals surface area contributed by atoms with Crippen LogP contribution in [-0.4, -0.2) is 37.5 Å². The zero-order valence-electron chi connectivity index (χ0n) is 14.3. The van der Waals surface area contributed by atoms with Crippen molar-refractivity contribution >= 4 is 26.9 Å². The Balaban J connectivity index is 1.90. The lowest BCUT2D eigenvalue weighted by atomic mass is 10.2. The minimum absolute atomic E-state index is 0.0791. The molecule has 0 aliphatic rings. The monoisotopic (exact) mass is 357 g/mol. The van der Waals surface area contributed by atoms with Crippen LogP contribution in [0.5, 0.6) is 0 Å². The average molecular weight is 357 g/mol. The number of fused-ring (bicyclic) bond motifs is 1. The van der Waals surface area contributed by atoms with Crippen LogP contribution in [-0.2, 0) is 16.6 Å². The van der Waals surface area contributed by atoms with Crippen LogP contribution in [0.3, 0.4) is 0 Å². The lowest BCUT2D eigenvalue weighted by molar-refractivity contribution is 0.581. The van der Waals surface area contributed by atoms with Crippen molar-refractivity contribution in [2.75, 3.05) is 19.0 Å². The van der Waals surface area contributed by atoms with E-state index in [0.717, 1.165) is 11.1 Å². The Kier molecular flexibility index (Phi) is 4.65. The zero-order chi connectivity index (χ0) is 18.0. The summed E-state index contributed by atoms with van der Waals surface area (Å²) < 4.78 is 28.0. The summed E-state index contributed by atoms with van der Waals surface area (Å²) in [6, 6.07) is 10.5. The number of anilines is 1. The van der Waals surface area contributed by atoms with E-state index in [1.54, 1.807) is 35.4 Å². The molecule has 1 N–H and O–H groups in total. The third-order valence-corrected chi connectivity index (χ3v) is 5.06. The molecule has 0 aliphatic heterocycles. The molecule has 0 amide bonds. The molecular weight excluding hydrogens is 338 g/mol. The summed E-state index contributed by atoms with van der Waals surface area (Å²) in [6.07, 6.45) is 1.58. The molecule has 3 aromatic rings. The highest BCUT2D eigenvalue weighted by atomic mass is 32.2. The van der Waals surface area contributed by atoms with Crippen LogP contribution in [0.2, 0.25) is 0 Å². The lowest BCUT2D eigenvalue weighted by Gasteiger charge is -2.13. The highest BCUT2D eigenvalue weighted by Crippen LogP contribution is 2.20. The van der Waals surface area contributed by atoms with Gasteiger partial charge in [0.15, 0.2) is 0 Å². The number of nitrogens with zero attached hydrogens (tertiary/aromatic N) is 4. The molecule has 8 heteroatoms. The number of rotatable bonds is 5. The van der Waals surface area contributed by atoms with Crippen molar-refractivity contribution < 1.29 is 8.42 Å². The Labute approximate surface area is 146 Å². The van der Waals surface area contributed by atoms with Gasteiger partial charge in [-0.1, -0.05) is 18.2 Å². The Hall–Kier alpha value is -2.58. The maximum Gasteiger partial charge on any atom is 0.243 e. The Bertz CT molecular complexity index is 1010. The molecule has 3 rings (SSSR count). The number of nitrogens with one attached hydrogen (secondary N) is 1. The number of benzene rings is 1. The van der Waals surface area contributed by atoms with E-state index in [9.17, 15) is 8.42 Å². The van der Waals surface area contributed by atoms with Crippen LogP contribution in [0.25, 0.3) is 10.9 Å². The molecule has 0 spiro atoms. The van der Waals surface area contributed by atoms with Gasteiger partial charge in [-0.15, -0.1) is 0 Å². The Morgan fingerprint density at radius 3 is 2.64 bits per heavy atom. The zero-order valence-corrected chi connectivity index (χ0v) is 15.1. The van der Waals surface area contributed by atoms with Crippen molar-refractivity contribution in [3.05, 3.63) is 54.0 Å². The number of hydrogen-bond acceptors (Lipinski definition) is 6. The van der Waals surface area contributed by atoms with Crippen molar-refractivity contribution in [1.29, 1.82) is 0 Å². The summed E-state index contributed by atoms with van der Waals surface area (Å²) in [5.41, 5.74) is 1.83. The van der Waals surface area contributed by atoms with Gasteiger partial charge in [0, 0.05) is 31.4 Å². The first-order valence-corrected chi connectivity index (χ1v) is 9.20. The van der Waals surface area contributed by atoms with E-state index in [0.29, 0.717) is 17.2 Å². The van der Waals surface area contributed by atoms with Gasteiger partial charge in [-0.25, -0.2) is 23.1 Å². The molecule has 0 saturated heterocycles. The van der Waals surface area contributed by atoms with Crippen molar-refractivity contribution in [3.8, 4) is 0 Å². The third-order valence-electron chi connectivity index (χ3n) is 3.62. The summed E-state index contributed by atoms with van der Waals surface area (Å²) in [7, 11) is -0.0419. The van der Waals surface area contributed by atoms with Gasteiger partial charge in [-0.3, -0.25) is 4.98 Å². The SMILES string of the molecule is Cc1cc(CNS(=O)(=O)c2cccc3cccnc23)nc(N(C)C)n1. The maximum absolute atomic E-state index is 12.7. The van der Waals surface area contributed by atoms with Gasteiger partial charge in [-0.2, -0.15) is 0 Å². The smallest absolute Gasteiger partial charge is 0.243 e. The number of sulfonamides is 1. The predicted molar refractivity (Wildman–Crippen MR) is 96.9 cm³/mol. The molecule has 0 atom stereocenters. The van der Waals surface area contributed by atoms with Gasteiger partial charge >= 0.3 is 0 Å². The first-order chi connectivity index (χ1) is 11.9. The molecule has 2 heterocycles. The number of hydrogen-bond donors (Lipinski definition) is 1. The van der Waals surface area contributed by atoms with Gasteiger partial charge in [0.1, 0.15) is 4.90 Å². The highest BCUT2D eigenvalue weighted by Gasteiger charge is 2.18. The minimum Gasteiger partial charge on any atom is -0.347 e. The second kappa shape index (κ2) is 6.73. The van der Waals surface area contributed by atoms with Crippen LogP contribution in [0, 0.1) is 6.92 Å². The van der Waals surface area contributed by atoms with Crippen molar-refractivity contribution in [3.63, 3.8) is 0 Å². The number of para-hydroxylation sites is 1. The first-order valence-electron chi connectivity index (χ1n) is 7.72. The molecule has 0 bridgehead atoms. The molecule has 2 aromatic heterocycles. The van der Waals surface area contributed by atoms with Gasteiger partial charge < -0.3 is 4.90 Å². The normalized spacial score (nSPS) is 11.6. The fourth-order valence-corrected chi connectivity index (χ4v) is 3.62. The van der Waals surface area contributed by atoms with Crippen LogP contribution in [0.4, 0.5) is 5.95 Å². The van der Waals surface area contributed by atoms with E-state index < -0.39 is 10.0 Å². The molecular formula is C17H19N5O2S. The number of aryl methyl sites for hydroxylation is 1. The van der Waals surface area contributed by atoms with Crippen molar-refractivity contribution in [1.82, 2.24) is 19.7 Å². The van der Waals surface area contributed by atoms with E-state index in [1.165, 1.54) is 0 Å². The second-order valence-corrected chi connectivity index (χ2v) is 7.59. The molecule has 25 heavy (non-hydrogen) atoms. The Morgan fingerprint density at radius 2 is 1.88 bits per heavy atom. The van der Waals surface area contributed by atoms with Crippen molar-refractivity contribution in [2.45, 2.75) is 18.4 Å². The number of pyridine rings is 1. The van der Waals surface area contributed by atoms with Crippen LogP contribution in [0.15, 0.2) is 47.5 Å². The summed E-state index contributed by atoms with van der Waals surface area (Å²) in [6.45, 7) is 1.93. The average Bonchev–Trinajstić information content (AvgIpc) is 2.59. The fourth-order valence-electron chi connectivity index (χ4n) is 2.45. The fraction of sp³-hybridized carbons (Fsp3) is 0.235. The standard InChI is InChI=1S/C17H19N5O2S/c1-12-10-14(21-17(20-12)22(2)3)11-19-25(23,24)15-8-4-6-13-7-5-9-18-16(13)15/h4-10,19H,11H2,1-3H3. The number of aromatic nitrogens is 3. The van der Waals surface area contributed by atoms with E-state index in [4.69, 9.17) is 0 Å². The Morgan fingerprint density at radius 1 is 1.12 bits per heavy atom. The quantitative estimate of drug-likeness (QED) is 0.750. The molecule has 0 unspecified atom stereocenters. The van der Waals surface area contributed by atoms with Crippen molar-refractivity contribution in [2.24, 2.45) is 0 Å². The first kappa shape index (κ1) is 17.2. The largest absolute Gasteiger partial charge is 0.347 e. The molecule has 0 aliphatic carbocycles. The van der Waals surface area contributed by atoms with Gasteiger partial charge in [0.25, 0.3) is 0 Å². The van der Waals surface area contributed by atoms with Crippen LogP contribution in [0.1, 0.15) is 11.4 Å². The van der Waals surface area contributed by atoms with Gasteiger partial charge in [0.05, 0.1) is 17.8 Å².